The second-order valence-electron chi connectivity index (χ2n) is 6.39. The molecule has 0 aliphatic carbocycles. The molecule has 0 aliphatic heterocycles. The Morgan fingerprint density at radius 3 is 2.41 bits per heavy atom. The highest BCUT2D eigenvalue weighted by molar-refractivity contribution is 7.90. The number of ether oxygens (including phenoxy) is 2. The molecule has 2 rings (SSSR count). The minimum atomic E-state index is -3.16. The lowest BCUT2D eigenvalue weighted by molar-refractivity contribution is 0.355. The Balaban J connectivity index is 1.93. The third-order valence-corrected chi connectivity index (χ3v) is 5.79. The first-order valence-electron chi connectivity index (χ1n) is 9.49. The number of methoxy groups -OCH3 is 2. The molecule has 0 aliphatic rings. The van der Waals surface area contributed by atoms with Gasteiger partial charge in [0.25, 0.3) is 0 Å². The minimum Gasteiger partial charge on any atom is -0.493 e. The van der Waals surface area contributed by atoms with Crippen molar-refractivity contribution in [2.75, 3.05) is 38.4 Å². The predicted molar refractivity (Wildman–Crippen MR) is 118 cm³/mol. The van der Waals surface area contributed by atoms with Gasteiger partial charge in [-0.05, 0) is 31.0 Å². The van der Waals surface area contributed by atoms with Crippen molar-refractivity contribution in [3.05, 3.63) is 54.1 Å². The number of guanidine groups is 1. The Morgan fingerprint density at radius 2 is 1.76 bits per heavy atom. The van der Waals surface area contributed by atoms with Crippen molar-refractivity contribution in [2.45, 2.75) is 19.1 Å². The Labute approximate surface area is 173 Å². The summed E-state index contributed by atoms with van der Waals surface area (Å²) in [6.45, 7) is 3.05. The number of benzene rings is 2. The first kappa shape index (κ1) is 22.5. The summed E-state index contributed by atoms with van der Waals surface area (Å²) >= 11 is 0. The molecule has 0 bridgehead atoms. The van der Waals surface area contributed by atoms with Gasteiger partial charge in [0.2, 0.25) is 0 Å². The van der Waals surface area contributed by atoms with Crippen LogP contribution in [0.3, 0.4) is 0 Å². The van der Waals surface area contributed by atoms with Gasteiger partial charge < -0.3 is 20.1 Å². The van der Waals surface area contributed by atoms with Crippen LogP contribution in [-0.4, -0.2) is 47.4 Å². The Hall–Kier alpha value is -2.74. The van der Waals surface area contributed by atoms with Crippen LogP contribution in [0.25, 0.3) is 0 Å². The van der Waals surface area contributed by atoms with Crippen LogP contribution < -0.4 is 20.1 Å². The summed E-state index contributed by atoms with van der Waals surface area (Å²) in [5.74, 6) is 1.99. The molecule has 0 atom stereocenters. The molecule has 158 valence electrons. The highest BCUT2D eigenvalue weighted by Crippen LogP contribution is 2.29. The SMILES string of the molecule is CCNC(=NCCCS(=O)(=O)Cc1ccccc1)Nc1ccc(OC)c(OC)c1. The van der Waals surface area contributed by atoms with E-state index in [1.807, 2.05) is 49.4 Å². The molecule has 2 aromatic carbocycles. The second kappa shape index (κ2) is 11.3. The average molecular weight is 420 g/mol. The molecule has 0 unspecified atom stereocenters. The van der Waals surface area contributed by atoms with E-state index in [1.165, 1.54) is 0 Å². The summed E-state index contributed by atoms with van der Waals surface area (Å²) in [6, 6.07) is 14.7. The van der Waals surface area contributed by atoms with Crippen LogP contribution in [0.4, 0.5) is 5.69 Å². The predicted octanol–water partition coefficient (Wildman–Crippen LogP) is 3.09. The zero-order chi connectivity index (χ0) is 21.1. The standard InChI is InChI=1S/C21H29N3O4S/c1-4-22-21(24-18-11-12-19(27-2)20(15-18)28-3)23-13-8-14-29(25,26)16-17-9-6-5-7-10-17/h5-7,9-12,15H,4,8,13-14,16H2,1-3H3,(H2,22,23,24). The molecular weight excluding hydrogens is 390 g/mol. The molecule has 2 N–H and O–H groups in total. The number of anilines is 1. The molecule has 0 heterocycles. The van der Waals surface area contributed by atoms with Crippen LogP contribution in [0, 0.1) is 0 Å². The Bertz CT molecular complexity index is 899. The summed E-state index contributed by atoms with van der Waals surface area (Å²) in [7, 11) is 0.00486. The quantitative estimate of drug-likeness (QED) is 0.349. The van der Waals surface area contributed by atoms with Crippen molar-refractivity contribution in [2.24, 2.45) is 4.99 Å². The molecule has 0 saturated carbocycles. The number of nitrogens with one attached hydrogen (secondary N) is 2. The molecule has 29 heavy (non-hydrogen) atoms. The first-order valence-corrected chi connectivity index (χ1v) is 11.3. The monoisotopic (exact) mass is 419 g/mol. The van der Waals surface area contributed by atoms with Crippen molar-refractivity contribution in [3.8, 4) is 11.5 Å². The van der Waals surface area contributed by atoms with Crippen molar-refractivity contribution in [3.63, 3.8) is 0 Å². The van der Waals surface area contributed by atoms with Gasteiger partial charge in [-0.25, -0.2) is 8.42 Å². The molecule has 0 amide bonds. The van der Waals surface area contributed by atoms with Crippen LogP contribution in [0.1, 0.15) is 18.9 Å². The van der Waals surface area contributed by atoms with E-state index in [2.05, 4.69) is 15.6 Å². The molecule has 8 heteroatoms. The van der Waals surface area contributed by atoms with Crippen LogP contribution in [-0.2, 0) is 15.6 Å². The molecule has 0 spiro atoms. The molecule has 0 fully saturated rings. The molecule has 7 nitrogen and oxygen atoms in total. The third-order valence-electron chi connectivity index (χ3n) is 4.10. The first-order chi connectivity index (χ1) is 14.0. The van der Waals surface area contributed by atoms with Gasteiger partial charge in [-0.2, -0.15) is 0 Å². The highest BCUT2D eigenvalue weighted by atomic mass is 32.2. The van der Waals surface area contributed by atoms with Gasteiger partial charge in [0.05, 0.1) is 25.7 Å². The molecule has 2 aromatic rings. The molecule has 0 radical (unpaired) electrons. The normalized spacial score (nSPS) is 11.8. The summed E-state index contributed by atoms with van der Waals surface area (Å²) in [6.07, 6.45) is 0.456. The van der Waals surface area contributed by atoms with Crippen molar-refractivity contribution >= 4 is 21.5 Å². The van der Waals surface area contributed by atoms with Gasteiger partial charge in [-0.1, -0.05) is 30.3 Å². The maximum atomic E-state index is 12.3. The van der Waals surface area contributed by atoms with Gasteiger partial charge in [-0.3, -0.25) is 4.99 Å². The fourth-order valence-electron chi connectivity index (χ4n) is 2.73. The Kier molecular flexibility index (Phi) is 8.79. The topological polar surface area (TPSA) is 89.0 Å². The van der Waals surface area contributed by atoms with Crippen LogP contribution in [0.2, 0.25) is 0 Å². The third kappa shape index (κ3) is 7.65. The zero-order valence-electron chi connectivity index (χ0n) is 17.1. The summed E-state index contributed by atoms with van der Waals surface area (Å²) in [4.78, 5) is 4.47. The molecule has 0 aromatic heterocycles. The largest absolute Gasteiger partial charge is 0.493 e. The second-order valence-corrected chi connectivity index (χ2v) is 8.57. The summed E-state index contributed by atoms with van der Waals surface area (Å²) in [5.41, 5.74) is 1.60. The van der Waals surface area contributed by atoms with Crippen molar-refractivity contribution in [1.29, 1.82) is 0 Å². The lowest BCUT2D eigenvalue weighted by Crippen LogP contribution is -2.30. The van der Waals surface area contributed by atoms with E-state index in [1.54, 1.807) is 20.3 Å². The lowest BCUT2D eigenvalue weighted by Gasteiger charge is -2.14. The van der Waals surface area contributed by atoms with Crippen molar-refractivity contribution in [1.82, 2.24) is 5.32 Å². The maximum Gasteiger partial charge on any atom is 0.195 e. The minimum absolute atomic E-state index is 0.0571. The fourth-order valence-corrected chi connectivity index (χ4v) is 4.15. The smallest absolute Gasteiger partial charge is 0.195 e. The van der Waals surface area contributed by atoms with Gasteiger partial charge >= 0.3 is 0 Å². The number of hydrogen-bond acceptors (Lipinski definition) is 5. The number of rotatable bonds is 10. The van der Waals surface area contributed by atoms with E-state index in [4.69, 9.17) is 9.47 Å². The Morgan fingerprint density at radius 1 is 1.03 bits per heavy atom. The fraction of sp³-hybridized carbons (Fsp3) is 0.381. The number of aliphatic imine (C=N–C) groups is 1. The summed E-state index contributed by atoms with van der Waals surface area (Å²) in [5, 5.41) is 6.35. The van der Waals surface area contributed by atoms with E-state index < -0.39 is 9.84 Å². The number of hydrogen-bond donors (Lipinski definition) is 2. The van der Waals surface area contributed by atoms with Gasteiger partial charge in [-0.15, -0.1) is 0 Å². The maximum absolute atomic E-state index is 12.3. The van der Waals surface area contributed by atoms with E-state index in [-0.39, 0.29) is 11.5 Å². The van der Waals surface area contributed by atoms with E-state index in [0.29, 0.717) is 37.0 Å². The highest BCUT2D eigenvalue weighted by Gasteiger charge is 2.11. The van der Waals surface area contributed by atoms with Gasteiger partial charge in [0, 0.05) is 24.8 Å². The summed E-state index contributed by atoms with van der Waals surface area (Å²) < 4.78 is 35.1. The van der Waals surface area contributed by atoms with Crippen LogP contribution in [0.15, 0.2) is 53.5 Å². The number of sulfone groups is 1. The van der Waals surface area contributed by atoms with E-state index in [9.17, 15) is 8.42 Å². The molecule has 0 saturated heterocycles. The van der Waals surface area contributed by atoms with Gasteiger partial charge in [0.15, 0.2) is 27.3 Å². The zero-order valence-corrected chi connectivity index (χ0v) is 18.0. The van der Waals surface area contributed by atoms with Crippen LogP contribution >= 0.6 is 0 Å². The number of nitrogens with zero attached hydrogens (tertiary/aromatic N) is 1. The van der Waals surface area contributed by atoms with Crippen molar-refractivity contribution < 1.29 is 17.9 Å². The molecular formula is C21H29N3O4S. The van der Waals surface area contributed by atoms with E-state index in [0.717, 1.165) is 11.3 Å². The lowest BCUT2D eigenvalue weighted by atomic mass is 10.2. The van der Waals surface area contributed by atoms with E-state index >= 15 is 0 Å². The van der Waals surface area contributed by atoms with Gasteiger partial charge in [0.1, 0.15) is 0 Å². The average Bonchev–Trinajstić information content (AvgIpc) is 2.71. The van der Waals surface area contributed by atoms with Crippen LogP contribution in [0.5, 0.6) is 11.5 Å².